The highest BCUT2D eigenvalue weighted by molar-refractivity contribution is 5.97. The van der Waals surface area contributed by atoms with Gasteiger partial charge in [0.2, 0.25) is 12.2 Å². The minimum atomic E-state index is -1.51. The minimum Gasteiger partial charge on any atom is -0.504 e. The second kappa shape index (κ2) is 10.4. The zero-order valence-corrected chi connectivity index (χ0v) is 19.4. The number of aliphatic hydroxyl groups is 5. The zero-order valence-electron chi connectivity index (χ0n) is 19.4. The van der Waals surface area contributed by atoms with Crippen LogP contribution in [0.4, 0.5) is 0 Å². The van der Waals surface area contributed by atoms with Crippen LogP contribution in [0.2, 0.25) is 0 Å². The van der Waals surface area contributed by atoms with E-state index in [-0.39, 0.29) is 23.9 Å². The van der Waals surface area contributed by atoms with Gasteiger partial charge in [-0.15, -0.1) is 0 Å². The monoisotopic (exact) mass is 511 g/mol. The lowest BCUT2D eigenvalue weighted by Crippen LogP contribution is -2.67. The number of fused-ring (bicyclic) bond motifs is 1. The van der Waals surface area contributed by atoms with Gasteiger partial charge in [0.1, 0.15) is 55.6 Å². The molecule has 36 heavy (non-hydrogen) atoms. The summed E-state index contributed by atoms with van der Waals surface area (Å²) in [6, 6.07) is 2.90. The molecule has 1 saturated carbocycles. The molecule has 3 fully saturated rings. The van der Waals surface area contributed by atoms with Gasteiger partial charge in [-0.25, -0.2) is 0 Å². The molecule has 1 amide bonds. The lowest BCUT2D eigenvalue weighted by molar-refractivity contribution is -0.155. The van der Waals surface area contributed by atoms with Gasteiger partial charge in [0.15, 0.2) is 17.3 Å². The first kappa shape index (κ1) is 26.4. The second-order valence-electron chi connectivity index (χ2n) is 9.04. The average Bonchev–Trinajstić information content (AvgIpc) is 3.43. The molecule has 0 spiro atoms. The number of ether oxygens (including phenoxy) is 4. The average molecular weight is 511 g/mol. The summed E-state index contributed by atoms with van der Waals surface area (Å²) in [6.45, 7) is 2.52. The fourth-order valence-electron chi connectivity index (χ4n) is 4.46. The highest BCUT2D eigenvalue weighted by atomic mass is 16.7. The third-order valence-corrected chi connectivity index (χ3v) is 6.49. The first-order valence-electron chi connectivity index (χ1n) is 11.3. The van der Waals surface area contributed by atoms with E-state index in [1.807, 2.05) is 0 Å². The molecule has 2 unspecified atom stereocenters. The smallest absolute Gasteiger partial charge is 0.247 e. The largest absolute Gasteiger partial charge is 0.504 e. The SMILES string of the molecule is CC(=O)[C@H]1O[C@H](Oc2ccc(/C=C(\C)C(=O)N[C@H]3[C@@H](O)[C@H](O)C4OCOC4[C@@H]3O)cc2O)[C@@H](O)[C@@H]1O. The summed E-state index contributed by atoms with van der Waals surface area (Å²) in [5, 5.41) is 63.9. The summed E-state index contributed by atoms with van der Waals surface area (Å²) in [7, 11) is 0. The number of carbonyl (C=O) groups excluding carboxylic acids is 2. The molecule has 2 heterocycles. The number of aliphatic hydroxyl groups excluding tert-OH is 5. The summed E-state index contributed by atoms with van der Waals surface area (Å²) in [5.74, 6) is -1.59. The van der Waals surface area contributed by atoms with E-state index in [0.717, 1.165) is 0 Å². The third-order valence-electron chi connectivity index (χ3n) is 6.49. The van der Waals surface area contributed by atoms with Crippen molar-refractivity contribution in [1.82, 2.24) is 5.32 Å². The lowest BCUT2D eigenvalue weighted by Gasteiger charge is -2.41. The maximum atomic E-state index is 12.7. The van der Waals surface area contributed by atoms with Crippen LogP contribution in [0.3, 0.4) is 0 Å². The van der Waals surface area contributed by atoms with Crippen LogP contribution >= 0.6 is 0 Å². The highest BCUT2D eigenvalue weighted by Gasteiger charge is 2.53. The Labute approximate surface area is 205 Å². The Morgan fingerprint density at radius 1 is 0.972 bits per heavy atom. The molecule has 4 rings (SSSR count). The molecule has 0 bridgehead atoms. The summed E-state index contributed by atoms with van der Waals surface area (Å²) < 4.78 is 21.1. The van der Waals surface area contributed by atoms with Crippen LogP contribution in [0, 0.1) is 0 Å². The first-order valence-corrected chi connectivity index (χ1v) is 11.3. The van der Waals surface area contributed by atoms with Crippen LogP contribution in [-0.2, 0) is 23.8 Å². The Kier molecular flexibility index (Phi) is 7.64. The lowest BCUT2D eigenvalue weighted by atomic mass is 9.83. The number of amides is 1. The van der Waals surface area contributed by atoms with E-state index in [0.29, 0.717) is 5.56 Å². The van der Waals surface area contributed by atoms with Crippen molar-refractivity contribution in [2.24, 2.45) is 0 Å². The Bertz CT molecular complexity index is 1030. The van der Waals surface area contributed by atoms with E-state index in [1.165, 1.54) is 38.1 Å². The van der Waals surface area contributed by atoms with Gasteiger partial charge in [-0.05, 0) is 37.6 Å². The van der Waals surface area contributed by atoms with Crippen LogP contribution in [0.25, 0.3) is 6.08 Å². The number of Topliss-reactive ketones (excluding diaryl/α,β-unsaturated/α-hetero) is 1. The molecule has 0 aromatic heterocycles. The fourth-order valence-corrected chi connectivity index (χ4v) is 4.46. The molecule has 0 radical (unpaired) electrons. The molecule has 10 atom stereocenters. The van der Waals surface area contributed by atoms with Crippen LogP contribution < -0.4 is 10.1 Å². The number of hydrogen-bond donors (Lipinski definition) is 7. The standard InChI is InChI=1S/C23H29NO12/c1-8(22(32)24-13-14(27)16(29)21-20(15(13)28)33-7-34-21)5-10-3-4-12(11(26)6-10)35-23-18(31)17(30)19(36-23)9(2)25/h3-6,13-21,23,26-31H,7H2,1-2H3,(H,24,32)/b8-5+/t13-,14+,15+,16-,17-,18-,19+,20?,21?,23-/m0/s1. The predicted molar refractivity (Wildman–Crippen MR) is 118 cm³/mol. The summed E-state index contributed by atoms with van der Waals surface area (Å²) >= 11 is 0. The van der Waals surface area contributed by atoms with Crippen molar-refractivity contribution in [2.45, 2.75) is 75.0 Å². The van der Waals surface area contributed by atoms with Gasteiger partial charge in [0, 0.05) is 5.57 Å². The normalized spacial score (nSPS) is 38.5. The molecule has 198 valence electrons. The molecule has 2 saturated heterocycles. The topological polar surface area (TPSA) is 204 Å². The van der Waals surface area contributed by atoms with Gasteiger partial charge in [-0.2, -0.15) is 0 Å². The van der Waals surface area contributed by atoms with E-state index in [2.05, 4.69) is 5.32 Å². The number of phenolic OH excluding ortho intramolecular Hbond substituents is 1. The maximum absolute atomic E-state index is 12.7. The van der Waals surface area contributed by atoms with E-state index < -0.39 is 72.9 Å². The number of nitrogens with one attached hydrogen (secondary N) is 1. The predicted octanol–water partition coefficient (Wildman–Crippen LogP) is -2.47. The summed E-state index contributed by atoms with van der Waals surface area (Å²) in [5.41, 5.74) is 0.545. The number of ketones is 1. The van der Waals surface area contributed by atoms with E-state index >= 15 is 0 Å². The Hall–Kier alpha value is -2.62. The maximum Gasteiger partial charge on any atom is 0.247 e. The number of aromatic hydroxyl groups is 1. The van der Waals surface area contributed by atoms with Crippen LogP contribution in [0.5, 0.6) is 11.5 Å². The van der Waals surface area contributed by atoms with Gasteiger partial charge in [0.05, 0.1) is 6.04 Å². The zero-order chi connectivity index (χ0) is 26.3. The number of carbonyl (C=O) groups is 2. The number of benzene rings is 1. The van der Waals surface area contributed by atoms with Crippen molar-refractivity contribution in [3.8, 4) is 11.5 Å². The molecule has 1 aromatic rings. The van der Waals surface area contributed by atoms with Gasteiger partial charge in [-0.1, -0.05) is 6.07 Å². The van der Waals surface area contributed by atoms with E-state index in [1.54, 1.807) is 0 Å². The minimum absolute atomic E-state index is 0.0921. The fraction of sp³-hybridized carbons (Fsp3) is 0.565. The van der Waals surface area contributed by atoms with E-state index in [4.69, 9.17) is 18.9 Å². The Morgan fingerprint density at radius 2 is 1.64 bits per heavy atom. The van der Waals surface area contributed by atoms with Crippen molar-refractivity contribution >= 4 is 17.8 Å². The molecule has 1 aromatic carbocycles. The molecular weight excluding hydrogens is 482 g/mol. The Balaban J connectivity index is 1.41. The van der Waals surface area contributed by atoms with Crippen molar-refractivity contribution < 1.29 is 59.2 Å². The van der Waals surface area contributed by atoms with Crippen molar-refractivity contribution in [3.63, 3.8) is 0 Å². The summed E-state index contributed by atoms with van der Waals surface area (Å²) in [4.78, 5) is 24.2. The molecule has 3 aliphatic rings. The highest BCUT2D eigenvalue weighted by Crippen LogP contribution is 2.33. The molecule has 2 aliphatic heterocycles. The number of rotatable bonds is 6. The molecule has 13 heteroatoms. The third kappa shape index (κ3) is 4.96. The van der Waals surface area contributed by atoms with Gasteiger partial charge in [0.25, 0.3) is 0 Å². The quantitative estimate of drug-likeness (QED) is 0.199. The van der Waals surface area contributed by atoms with Crippen LogP contribution in [-0.4, -0.2) is 110 Å². The first-order chi connectivity index (χ1) is 17.0. The van der Waals surface area contributed by atoms with Gasteiger partial charge < -0.3 is 54.9 Å². The molecule has 7 N–H and O–H groups in total. The molecule has 13 nitrogen and oxygen atoms in total. The molecular formula is C23H29NO12. The van der Waals surface area contributed by atoms with Crippen molar-refractivity contribution in [1.29, 1.82) is 0 Å². The van der Waals surface area contributed by atoms with Crippen LogP contribution in [0.1, 0.15) is 19.4 Å². The van der Waals surface area contributed by atoms with Gasteiger partial charge in [-0.3, -0.25) is 9.59 Å². The van der Waals surface area contributed by atoms with Gasteiger partial charge >= 0.3 is 0 Å². The van der Waals surface area contributed by atoms with E-state index in [9.17, 15) is 40.2 Å². The van der Waals surface area contributed by atoms with Crippen molar-refractivity contribution in [2.75, 3.05) is 6.79 Å². The second-order valence-corrected chi connectivity index (χ2v) is 9.04. The Morgan fingerprint density at radius 3 is 2.25 bits per heavy atom. The van der Waals surface area contributed by atoms with Crippen molar-refractivity contribution in [3.05, 3.63) is 29.3 Å². The number of phenols is 1. The molecule has 1 aliphatic carbocycles. The summed E-state index contributed by atoms with van der Waals surface area (Å²) in [6.07, 6.45) is -10.2. The number of hydrogen-bond acceptors (Lipinski definition) is 12. The van der Waals surface area contributed by atoms with Crippen LogP contribution in [0.15, 0.2) is 23.8 Å².